The van der Waals surface area contributed by atoms with Crippen LogP contribution in [-0.2, 0) is 0 Å². The van der Waals surface area contributed by atoms with E-state index < -0.39 is 31.3 Å². The molecule has 0 saturated carbocycles. The van der Waals surface area contributed by atoms with Crippen molar-refractivity contribution in [2.45, 2.75) is 25.6 Å². The van der Waals surface area contributed by atoms with Crippen LogP contribution < -0.4 is 10.1 Å². The molecule has 0 radical (unpaired) electrons. The first-order chi connectivity index (χ1) is 10.8. The van der Waals surface area contributed by atoms with Gasteiger partial charge in [-0.05, 0) is 25.0 Å². The van der Waals surface area contributed by atoms with Gasteiger partial charge in [0, 0.05) is 13.1 Å². The van der Waals surface area contributed by atoms with Crippen molar-refractivity contribution in [3.05, 3.63) is 24.3 Å². The Balaban J connectivity index is 2.04. The van der Waals surface area contributed by atoms with Crippen LogP contribution in [0, 0.1) is 5.92 Å². The van der Waals surface area contributed by atoms with E-state index in [1.165, 1.54) is 24.3 Å². The highest BCUT2D eigenvalue weighted by atomic mass is 19.4. The molecule has 1 atom stereocenters. The number of rotatable bonds is 3. The van der Waals surface area contributed by atoms with Crippen molar-refractivity contribution in [3.8, 4) is 5.75 Å². The molecular formula is C14H15F5N2O2. The van der Waals surface area contributed by atoms with Crippen molar-refractivity contribution in [2.24, 2.45) is 5.92 Å². The third kappa shape index (κ3) is 4.70. The van der Waals surface area contributed by atoms with E-state index in [0.717, 1.165) is 4.90 Å². The number of piperidine rings is 1. The number of nitrogens with zero attached hydrogens (tertiary/aromatic N) is 1. The summed E-state index contributed by atoms with van der Waals surface area (Å²) in [7, 11) is 0. The molecule has 128 valence electrons. The fourth-order valence-electron chi connectivity index (χ4n) is 2.39. The molecule has 1 fully saturated rings. The van der Waals surface area contributed by atoms with Gasteiger partial charge in [-0.25, -0.2) is 4.79 Å². The van der Waals surface area contributed by atoms with Crippen LogP contribution in [0.1, 0.15) is 12.8 Å². The number of halogens is 5. The predicted octanol–water partition coefficient (Wildman–Crippen LogP) is 4.09. The molecule has 2 rings (SSSR count). The lowest BCUT2D eigenvalue weighted by Gasteiger charge is -2.33. The summed E-state index contributed by atoms with van der Waals surface area (Å²) in [5, 5.41) is 2.32. The lowest BCUT2D eigenvalue weighted by Crippen LogP contribution is -2.46. The van der Waals surface area contributed by atoms with Gasteiger partial charge in [-0.2, -0.15) is 22.0 Å². The van der Waals surface area contributed by atoms with E-state index in [-0.39, 0.29) is 30.8 Å². The van der Waals surface area contributed by atoms with Crippen molar-refractivity contribution in [3.63, 3.8) is 0 Å². The Morgan fingerprint density at radius 1 is 1.30 bits per heavy atom. The normalized spacial score (nSPS) is 18.9. The maximum atomic E-state index is 12.8. The van der Waals surface area contributed by atoms with Gasteiger partial charge in [-0.15, -0.1) is 0 Å². The second kappa shape index (κ2) is 7.01. The number of carbonyl (C=O) groups excluding carboxylic acids is 1. The van der Waals surface area contributed by atoms with Crippen molar-refractivity contribution >= 4 is 11.7 Å². The fraction of sp³-hybridized carbons (Fsp3) is 0.500. The Hall–Kier alpha value is -2.06. The van der Waals surface area contributed by atoms with E-state index in [9.17, 15) is 26.7 Å². The Bertz CT molecular complexity index is 550. The molecule has 0 spiro atoms. The average Bonchev–Trinajstić information content (AvgIpc) is 2.48. The summed E-state index contributed by atoms with van der Waals surface area (Å²) in [6.07, 6.45) is -4.17. The van der Waals surface area contributed by atoms with Gasteiger partial charge in [0.25, 0.3) is 0 Å². The Morgan fingerprint density at radius 3 is 2.65 bits per heavy atom. The van der Waals surface area contributed by atoms with Gasteiger partial charge in [-0.3, -0.25) is 0 Å². The van der Waals surface area contributed by atoms with Crippen molar-refractivity contribution in [1.29, 1.82) is 0 Å². The summed E-state index contributed by atoms with van der Waals surface area (Å²) >= 11 is 0. The molecule has 9 heteroatoms. The number of hydrogen-bond acceptors (Lipinski definition) is 2. The molecule has 1 saturated heterocycles. The monoisotopic (exact) mass is 338 g/mol. The zero-order valence-electron chi connectivity index (χ0n) is 11.9. The number of amides is 2. The largest absolute Gasteiger partial charge is 0.433 e. The van der Waals surface area contributed by atoms with Gasteiger partial charge in [0.15, 0.2) is 0 Å². The summed E-state index contributed by atoms with van der Waals surface area (Å²) in [5.74, 6) is -1.82. The van der Waals surface area contributed by atoms with E-state index >= 15 is 0 Å². The number of ether oxygens (including phenoxy) is 1. The average molecular weight is 338 g/mol. The minimum absolute atomic E-state index is 0.0214. The molecule has 1 heterocycles. The number of benzene rings is 1. The molecule has 0 aliphatic carbocycles. The highest BCUT2D eigenvalue weighted by Crippen LogP contribution is 2.33. The van der Waals surface area contributed by atoms with E-state index in [1.807, 2.05) is 0 Å². The highest BCUT2D eigenvalue weighted by molar-refractivity contribution is 5.91. The zero-order valence-corrected chi connectivity index (χ0v) is 11.9. The zero-order chi connectivity index (χ0) is 17.0. The van der Waals surface area contributed by atoms with Crippen LogP contribution in [-0.4, -0.2) is 36.8 Å². The molecule has 0 bridgehead atoms. The van der Waals surface area contributed by atoms with Crippen LogP contribution in [0.2, 0.25) is 0 Å². The quantitative estimate of drug-likeness (QED) is 0.844. The molecule has 23 heavy (non-hydrogen) atoms. The lowest BCUT2D eigenvalue weighted by molar-refractivity contribution is -0.183. The molecule has 0 aromatic heterocycles. The first-order valence-corrected chi connectivity index (χ1v) is 6.94. The van der Waals surface area contributed by atoms with E-state index in [2.05, 4.69) is 10.1 Å². The van der Waals surface area contributed by atoms with Crippen LogP contribution in [0.3, 0.4) is 0 Å². The minimum atomic E-state index is -4.37. The standard InChI is InChI=1S/C14H15F5N2O2/c15-12(16)23-11-6-2-1-5-10(11)20-13(22)21-7-3-4-9(8-21)14(17,18)19/h1-2,5-6,9,12H,3-4,7-8H2,(H,20,22)/t9-/m0/s1. The number of anilines is 1. The minimum Gasteiger partial charge on any atom is -0.433 e. The SMILES string of the molecule is O=C(Nc1ccccc1OC(F)F)N1CCC[C@H](C(F)(F)F)C1. The van der Waals surface area contributed by atoms with Gasteiger partial charge < -0.3 is 15.0 Å². The Morgan fingerprint density at radius 2 is 2.00 bits per heavy atom. The van der Waals surface area contributed by atoms with Crippen LogP contribution in [0.25, 0.3) is 0 Å². The summed E-state index contributed by atoms with van der Waals surface area (Å²) in [4.78, 5) is 13.1. The van der Waals surface area contributed by atoms with Gasteiger partial charge in [0.2, 0.25) is 0 Å². The van der Waals surface area contributed by atoms with Crippen LogP contribution in [0.15, 0.2) is 24.3 Å². The van der Waals surface area contributed by atoms with Crippen LogP contribution in [0.4, 0.5) is 32.4 Å². The second-order valence-electron chi connectivity index (χ2n) is 5.13. The number of likely N-dealkylation sites (tertiary alicyclic amines) is 1. The van der Waals surface area contributed by atoms with Gasteiger partial charge in [-0.1, -0.05) is 12.1 Å². The number of alkyl halides is 5. The van der Waals surface area contributed by atoms with E-state index in [4.69, 9.17) is 0 Å². The number of urea groups is 1. The summed E-state index contributed by atoms with van der Waals surface area (Å²) in [6, 6.07) is 4.72. The molecule has 2 amide bonds. The van der Waals surface area contributed by atoms with Gasteiger partial charge >= 0.3 is 18.8 Å². The molecule has 0 unspecified atom stereocenters. The second-order valence-corrected chi connectivity index (χ2v) is 5.13. The fourth-order valence-corrected chi connectivity index (χ4v) is 2.39. The summed E-state index contributed by atoms with van der Waals surface area (Å²) in [6.45, 7) is -3.35. The number of nitrogens with one attached hydrogen (secondary N) is 1. The van der Waals surface area contributed by atoms with Gasteiger partial charge in [0.05, 0.1) is 11.6 Å². The molecule has 1 N–H and O–H groups in total. The molecule has 1 aliphatic heterocycles. The van der Waals surface area contributed by atoms with E-state index in [0.29, 0.717) is 0 Å². The summed E-state index contributed by atoms with van der Waals surface area (Å²) in [5.41, 5.74) is -0.0214. The molecule has 4 nitrogen and oxygen atoms in total. The number of para-hydroxylation sites is 2. The van der Waals surface area contributed by atoms with Crippen LogP contribution in [0.5, 0.6) is 5.75 Å². The third-order valence-electron chi connectivity index (χ3n) is 3.52. The maximum Gasteiger partial charge on any atom is 0.393 e. The topological polar surface area (TPSA) is 41.6 Å². The Kier molecular flexibility index (Phi) is 5.27. The highest BCUT2D eigenvalue weighted by Gasteiger charge is 2.42. The number of hydrogen-bond donors (Lipinski definition) is 1. The number of carbonyl (C=O) groups is 1. The predicted molar refractivity (Wildman–Crippen MR) is 72.4 cm³/mol. The van der Waals surface area contributed by atoms with Crippen molar-refractivity contribution in [2.75, 3.05) is 18.4 Å². The van der Waals surface area contributed by atoms with E-state index in [1.54, 1.807) is 0 Å². The molecule has 1 aromatic carbocycles. The first kappa shape index (κ1) is 17.3. The summed E-state index contributed by atoms with van der Waals surface area (Å²) < 4.78 is 67.1. The van der Waals surface area contributed by atoms with Crippen LogP contribution >= 0.6 is 0 Å². The van der Waals surface area contributed by atoms with Crippen molar-refractivity contribution < 1.29 is 31.5 Å². The van der Waals surface area contributed by atoms with Crippen molar-refractivity contribution in [1.82, 2.24) is 4.90 Å². The maximum absolute atomic E-state index is 12.8. The smallest absolute Gasteiger partial charge is 0.393 e. The lowest BCUT2D eigenvalue weighted by atomic mass is 9.98. The van der Waals surface area contributed by atoms with Gasteiger partial charge in [0.1, 0.15) is 5.75 Å². The third-order valence-corrected chi connectivity index (χ3v) is 3.52. The Labute approximate surface area is 129 Å². The first-order valence-electron chi connectivity index (χ1n) is 6.94. The molecule has 1 aliphatic rings. The molecular weight excluding hydrogens is 323 g/mol. The molecule has 1 aromatic rings.